The van der Waals surface area contributed by atoms with Gasteiger partial charge in [-0.3, -0.25) is 0 Å². The van der Waals surface area contributed by atoms with Crippen molar-refractivity contribution >= 4 is 12.1 Å². The number of carbonyl (C=O) groups excluding carboxylic acids is 2. The van der Waals surface area contributed by atoms with E-state index in [0.717, 1.165) is 25.7 Å². The topological polar surface area (TPSA) is 92.3 Å². The van der Waals surface area contributed by atoms with E-state index in [-0.39, 0.29) is 6.61 Å². The Morgan fingerprint density at radius 1 is 1.09 bits per heavy atom. The van der Waals surface area contributed by atoms with E-state index in [1.807, 2.05) is 6.07 Å². The Bertz CT molecular complexity index is 734. The highest BCUT2D eigenvalue weighted by Crippen LogP contribution is 2.24. The van der Waals surface area contributed by atoms with E-state index in [2.05, 4.69) is 19.2 Å². The first-order chi connectivity index (χ1) is 16.2. The molecule has 0 unspecified atom stereocenters. The van der Waals surface area contributed by atoms with Gasteiger partial charge >= 0.3 is 12.1 Å². The second kappa shape index (κ2) is 14.3. The number of ether oxygens (including phenoxy) is 5. The second-order valence-corrected chi connectivity index (χ2v) is 9.47. The second-order valence-electron chi connectivity index (χ2n) is 9.47. The van der Waals surface area contributed by atoms with Gasteiger partial charge < -0.3 is 29.0 Å². The minimum atomic E-state index is -0.696. The lowest BCUT2D eigenvalue weighted by atomic mass is 10.0. The van der Waals surface area contributed by atoms with Crippen LogP contribution in [-0.4, -0.2) is 68.4 Å². The molecule has 1 heterocycles. The third-order valence-electron chi connectivity index (χ3n) is 5.28. The van der Waals surface area contributed by atoms with E-state index in [1.165, 1.54) is 0 Å². The first kappa shape index (κ1) is 28.1. The summed E-state index contributed by atoms with van der Waals surface area (Å²) in [7, 11) is 0. The van der Waals surface area contributed by atoms with Crippen molar-refractivity contribution in [2.75, 3.05) is 26.4 Å². The Kier molecular flexibility index (Phi) is 11.8. The van der Waals surface area contributed by atoms with Crippen LogP contribution in [0.1, 0.15) is 70.7 Å². The highest BCUT2D eigenvalue weighted by atomic mass is 16.6. The Hall–Kier alpha value is -2.16. The fourth-order valence-electron chi connectivity index (χ4n) is 3.53. The van der Waals surface area contributed by atoms with Crippen molar-refractivity contribution in [3.63, 3.8) is 0 Å². The smallest absolute Gasteiger partial charge is 0.408 e. The van der Waals surface area contributed by atoms with Crippen LogP contribution in [0.3, 0.4) is 0 Å². The largest absolute Gasteiger partial charge is 0.454 e. The van der Waals surface area contributed by atoms with Gasteiger partial charge in [0.2, 0.25) is 0 Å². The minimum Gasteiger partial charge on any atom is -0.454 e. The van der Waals surface area contributed by atoms with E-state index in [9.17, 15) is 9.59 Å². The van der Waals surface area contributed by atoms with E-state index in [1.54, 1.807) is 45.0 Å². The number of rotatable bonds is 13. The van der Waals surface area contributed by atoms with Crippen LogP contribution in [0.5, 0.6) is 0 Å². The molecule has 1 fully saturated rings. The predicted molar refractivity (Wildman–Crippen MR) is 129 cm³/mol. The Morgan fingerprint density at radius 2 is 1.76 bits per heavy atom. The summed E-state index contributed by atoms with van der Waals surface area (Å²) in [5.41, 5.74) is -0.240. The fraction of sp³-hybridized carbons (Fsp3) is 0.692. The van der Waals surface area contributed by atoms with Crippen molar-refractivity contribution in [2.45, 2.75) is 90.3 Å². The molecule has 8 heteroatoms. The summed E-state index contributed by atoms with van der Waals surface area (Å²) in [6.07, 6.45) is 1.58. The maximum Gasteiger partial charge on any atom is 0.408 e. The van der Waals surface area contributed by atoms with E-state index >= 15 is 0 Å². The first-order valence-corrected chi connectivity index (χ1v) is 12.3. The molecule has 0 aromatic heterocycles. The molecule has 1 aromatic carbocycles. The molecule has 0 bridgehead atoms. The van der Waals surface area contributed by atoms with Crippen LogP contribution < -0.4 is 5.32 Å². The van der Waals surface area contributed by atoms with Gasteiger partial charge in [-0.05, 0) is 45.7 Å². The summed E-state index contributed by atoms with van der Waals surface area (Å²) in [6, 6.07) is 8.09. The van der Waals surface area contributed by atoms with Crippen LogP contribution in [0.4, 0.5) is 4.79 Å². The molecule has 1 aliphatic heterocycles. The number of benzene rings is 1. The fourth-order valence-corrected chi connectivity index (χ4v) is 3.53. The third kappa shape index (κ3) is 9.60. The molecule has 1 N–H and O–H groups in total. The standard InChI is InChI=1S/C26H41NO7/c1-6-8-15-30-17-21(31-16-9-7-2)23-22(27-25(29)34-26(3,4)5)20(18-32-23)33-24(28)19-13-11-10-12-14-19/h10-14,20-23H,6-9,15-18H2,1-5H3,(H,27,29)/t20-,21+,22+,23+/m0/s1. The molecule has 192 valence electrons. The normalized spacial score (nSPS) is 21.1. The van der Waals surface area contributed by atoms with E-state index < -0.39 is 42.0 Å². The van der Waals surface area contributed by atoms with Gasteiger partial charge in [-0.1, -0.05) is 44.9 Å². The minimum absolute atomic E-state index is 0.131. The lowest BCUT2D eigenvalue weighted by molar-refractivity contribution is -0.0923. The predicted octanol–water partition coefficient (Wildman–Crippen LogP) is 4.51. The molecule has 1 amide bonds. The average molecular weight is 480 g/mol. The summed E-state index contributed by atoms with van der Waals surface area (Å²) in [5.74, 6) is -0.478. The Labute approximate surface area is 203 Å². The molecule has 1 saturated heterocycles. The molecular weight excluding hydrogens is 438 g/mol. The van der Waals surface area contributed by atoms with Gasteiger partial charge in [0.05, 0.1) is 18.8 Å². The van der Waals surface area contributed by atoms with E-state index in [4.69, 9.17) is 23.7 Å². The zero-order chi connectivity index (χ0) is 25.0. The van der Waals surface area contributed by atoms with Crippen LogP contribution in [0.25, 0.3) is 0 Å². The van der Waals surface area contributed by atoms with Crippen molar-refractivity contribution in [1.29, 1.82) is 0 Å². The molecule has 0 spiro atoms. The van der Waals surface area contributed by atoms with Crippen LogP contribution >= 0.6 is 0 Å². The molecule has 1 aromatic rings. The van der Waals surface area contributed by atoms with Gasteiger partial charge in [-0.25, -0.2) is 9.59 Å². The Morgan fingerprint density at radius 3 is 2.41 bits per heavy atom. The van der Waals surface area contributed by atoms with Crippen LogP contribution in [-0.2, 0) is 23.7 Å². The maximum atomic E-state index is 12.7. The number of esters is 1. The molecule has 0 saturated carbocycles. The van der Waals surface area contributed by atoms with Crippen molar-refractivity contribution in [3.05, 3.63) is 35.9 Å². The van der Waals surface area contributed by atoms with Gasteiger partial charge in [0.25, 0.3) is 0 Å². The highest BCUT2D eigenvalue weighted by Gasteiger charge is 2.46. The quantitative estimate of drug-likeness (QED) is 0.329. The van der Waals surface area contributed by atoms with Gasteiger partial charge in [-0.2, -0.15) is 0 Å². The molecule has 2 rings (SSSR count). The van der Waals surface area contributed by atoms with Crippen LogP contribution in [0.2, 0.25) is 0 Å². The molecule has 34 heavy (non-hydrogen) atoms. The molecule has 0 aliphatic carbocycles. The summed E-state index contributed by atoms with van der Waals surface area (Å²) in [5, 5.41) is 2.87. The lowest BCUT2D eigenvalue weighted by Crippen LogP contribution is -2.54. The summed E-state index contributed by atoms with van der Waals surface area (Å²) < 4.78 is 29.2. The maximum absolute atomic E-state index is 12.7. The molecule has 8 nitrogen and oxygen atoms in total. The molecular formula is C26H41NO7. The summed E-state index contributed by atoms with van der Waals surface area (Å²) in [4.78, 5) is 25.4. The van der Waals surface area contributed by atoms with Crippen molar-refractivity contribution in [3.8, 4) is 0 Å². The number of alkyl carbamates (subject to hydrolysis) is 1. The van der Waals surface area contributed by atoms with Crippen LogP contribution in [0, 0.1) is 0 Å². The van der Waals surface area contributed by atoms with Gasteiger partial charge in [0.15, 0.2) is 0 Å². The Balaban J connectivity index is 2.17. The third-order valence-corrected chi connectivity index (χ3v) is 5.28. The lowest BCUT2D eigenvalue weighted by Gasteiger charge is -2.30. The number of amides is 1. The first-order valence-electron chi connectivity index (χ1n) is 12.3. The summed E-state index contributed by atoms with van der Waals surface area (Å²) in [6.45, 7) is 11.2. The van der Waals surface area contributed by atoms with Gasteiger partial charge in [0, 0.05) is 13.2 Å². The molecule has 4 atom stereocenters. The molecule has 1 aliphatic rings. The zero-order valence-corrected chi connectivity index (χ0v) is 21.2. The number of nitrogens with one attached hydrogen (secondary N) is 1. The van der Waals surface area contributed by atoms with E-state index in [0.29, 0.717) is 25.4 Å². The number of carbonyl (C=O) groups is 2. The molecule has 0 radical (unpaired) electrons. The van der Waals surface area contributed by atoms with Crippen molar-refractivity contribution < 1.29 is 33.3 Å². The van der Waals surface area contributed by atoms with Crippen LogP contribution in [0.15, 0.2) is 30.3 Å². The zero-order valence-electron chi connectivity index (χ0n) is 21.2. The monoisotopic (exact) mass is 479 g/mol. The average Bonchev–Trinajstić information content (AvgIpc) is 3.16. The van der Waals surface area contributed by atoms with Gasteiger partial charge in [0.1, 0.15) is 30.0 Å². The number of unbranched alkanes of at least 4 members (excludes halogenated alkanes) is 2. The van der Waals surface area contributed by atoms with Gasteiger partial charge in [-0.15, -0.1) is 0 Å². The summed E-state index contributed by atoms with van der Waals surface area (Å²) >= 11 is 0. The number of hydrogen-bond acceptors (Lipinski definition) is 7. The van der Waals surface area contributed by atoms with Crippen molar-refractivity contribution in [1.82, 2.24) is 5.32 Å². The highest BCUT2D eigenvalue weighted by molar-refractivity contribution is 5.89. The van der Waals surface area contributed by atoms with Crippen molar-refractivity contribution in [2.24, 2.45) is 0 Å². The number of hydrogen-bond donors (Lipinski definition) is 1. The SMILES string of the molecule is CCCCOC[C@@H](OCCCC)[C@H]1OC[C@H](OC(=O)c2ccccc2)[C@H]1NC(=O)OC(C)(C)C.